The number of nitrogens with two attached hydrogens (primary N) is 1. The van der Waals surface area contributed by atoms with Crippen LogP contribution in [0.4, 0.5) is 5.69 Å². The van der Waals surface area contributed by atoms with Gasteiger partial charge < -0.3 is 5.73 Å². The van der Waals surface area contributed by atoms with Gasteiger partial charge in [-0.15, -0.1) is 11.6 Å². The van der Waals surface area contributed by atoms with Crippen molar-refractivity contribution in [2.75, 3.05) is 5.88 Å². The van der Waals surface area contributed by atoms with Crippen LogP contribution in [0.5, 0.6) is 0 Å². The zero-order valence-corrected chi connectivity index (χ0v) is 11.6. The predicted octanol–water partition coefficient (Wildman–Crippen LogP) is 4.09. The Morgan fingerprint density at radius 2 is 1.86 bits per heavy atom. The molecule has 0 atom stereocenters. The first-order chi connectivity index (χ1) is 6.54. The van der Waals surface area contributed by atoms with Crippen LogP contribution >= 0.6 is 55.1 Å². The van der Waals surface area contributed by atoms with E-state index in [2.05, 4.69) is 36.9 Å². The SMILES string of the molecule is NC(CCl)=Nc1cc(Br)c(Cl)c(Br)c1. The molecule has 76 valence electrons. The Morgan fingerprint density at radius 3 is 2.29 bits per heavy atom. The van der Waals surface area contributed by atoms with Gasteiger partial charge in [0.25, 0.3) is 0 Å². The number of amidine groups is 1. The largest absolute Gasteiger partial charge is 0.386 e. The smallest absolute Gasteiger partial charge is 0.115 e. The molecule has 0 heterocycles. The second kappa shape index (κ2) is 5.35. The summed E-state index contributed by atoms with van der Waals surface area (Å²) in [5.41, 5.74) is 6.20. The van der Waals surface area contributed by atoms with Gasteiger partial charge in [-0.3, -0.25) is 0 Å². The van der Waals surface area contributed by atoms with Crippen LogP contribution in [-0.4, -0.2) is 11.7 Å². The van der Waals surface area contributed by atoms with E-state index in [1.807, 2.05) is 0 Å². The molecule has 0 spiro atoms. The van der Waals surface area contributed by atoms with Crippen molar-refractivity contribution in [3.8, 4) is 0 Å². The van der Waals surface area contributed by atoms with E-state index in [9.17, 15) is 0 Å². The zero-order valence-electron chi connectivity index (χ0n) is 6.90. The van der Waals surface area contributed by atoms with Crippen molar-refractivity contribution in [1.82, 2.24) is 0 Å². The van der Waals surface area contributed by atoms with Gasteiger partial charge in [0, 0.05) is 8.95 Å². The molecule has 0 aliphatic carbocycles. The summed E-state index contributed by atoms with van der Waals surface area (Å²) in [6.07, 6.45) is 0. The van der Waals surface area contributed by atoms with Crippen LogP contribution in [0.3, 0.4) is 0 Å². The molecule has 2 N–H and O–H groups in total. The van der Waals surface area contributed by atoms with Crippen LogP contribution in [0.15, 0.2) is 26.1 Å². The molecule has 0 fully saturated rings. The highest BCUT2D eigenvalue weighted by Crippen LogP contribution is 2.34. The lowest BCUT2D eigenvalue weighted by Crippen LogP contribution is -2.12. The average molecular weight is 361 g/mol. The van der Waals surface area contributed by atoms with Gasteiger partial charge in [-0.05, 0) is 44.0 Å². The molecule has 0 amide bonds. The molecular weight excluding hydrogens is 355 g/mol. The monoisotopic (exact) mass is 358 g/mol. The molecule has 0 aromatic heterocycles. The van der Waals surface area contributed by atoms with E-state index in [4.69, 9.17) is 28.9 Å². The Bertz CT molecular complexity index is 357. The summed E-state index contributed by atoms with van der Waals surface area (Å²) in [6, 6.07) is 3.54. The fourth-order valence-corrected chi connectivity index (χ4v) is 2.13. The third-order valence-electron chi connectivity index (χ3n) is 1.38. The summed E-state index contributed by atoms with van der Waals surface area (Å²) in [5.74, 6) is 0.575. The first-order valence-electron chi connectivity index (χ1n) is 3.58. The fraction of sp³-hybridized carbons (Fsp3) is 0.125. The molecule has 1 aromatic rings. The van der Waals surface area contributed by atoms with Gasteiger partial charge in [0.15, 0.2) is 0 Å². The number of halogens is 4. The molecule has 6 heteroatoms. The Morgan fingerprint density at radius 1 is 1.36 bits per heavy atom. The maximum atomic E-state index is 5.92. The van der Waals surface area contributed by atoms with Crippen molar-refractivity contribution in [3.63, 3.8) is 0 Å². The van der Waals surface area contributed by atoms with Crippen LogP contribution in [0, 0.1) is 0 Å². The van der Waals surface area contributed by atoms with Crippen molar-refractivity contribution >= 4 is 66.6 Å². The number of aliphatic imine (C=N–C) groups is 1. The molecule has 1 aromatic carbocycles. The van der Waals surface area contributed by atoms with Crippen LogP contribution in [-0.2, 0) is 0 Å². The zero-order chi connectivity index (χ0) is 10.7. The van der Waals surface area contributed by atoms with Crippen molar-refractivity contribution in [1.29, 1.82) is 0 Å². The molecule has 0 unspecified atom stereocenters. The van der Waals surface area contributed by atoms with Gasteiger partial charge in [-0.2, -0.15) is 0 Å². The summed E-state index contributed by atoms with van der Waals surface area (Å²) in [7, 11) is 0. The number of rotatable bonds is 2. The molecule has 0 aliphatic rings. The second-order valence-corrected chi connectivity index (χ2v) is 4.81. The topological polar surface area (TPSA) is 38.4 Å². The predicted molar refractivity (Wildman–Crippen MR) is 68.9 cm³/mol. The van der Waals surface area contributed by atoms with Crippen molar-refractivity contribution in [2.45, 2.75) is 0 Å². The van der Waals surface area contributed by atoms with E-state index in [1.54, 1.807) is 12.1 Å². The number of nitrogens with zero attached hydrogens (tertiary/aromatic N) is 1. The van der Waals surface area contributed by atoms with E-state index in [-0.39, 0.29) is 5.88 Å². The van der Waals surface area contributed by atoms with Crippen LogP contribution in [0.1, 0.15) is 0 Å². The first kappa shape index (κ1) is 12.3. The van der Waals surface area contributed by atoms with Crippen LogP contribution < -0.4 is 5.73 Å². The summed E-state index contributed by atoms with van der Waals surface area (Å²) >= 11 is 18.0. The minimum Gasteiger partial charge on any atom is -0.386 e. The Kier molecular flexibility index (Phi) is 4.70. The fourth-order valence-electron chi connectivity index (χ4n) is 0.802. The maximum absolute atomic E-state index is 5.92. The van der Waals surface area contributed by atoms with E-state index >= 15 is 0 Å². The van der Waals surface area contributed by atoms with Crippen molar-refractivity contribution in [2.24, 2.45) is 10.7 Å². The van der Waals surface area contributed by atoms with E-state index in [0.717, 1.165) is 8.95 Å². The summed E-state index contributed by atoms with van der Waals surface area (Å²) in [5, 5.41) is 0.605. The highest BCUT2D eigenvalue weighted by atomic mass is 79.9. The first-order valence-corrected chi connectivity index (χ1v) is 6.08. The molecule has 0 saturated heterocycles. The Balaban J connectivity index is 3.13. The molecule has 2 nitrogen and oxygen atoms in total. The van der Waals surface area contributed by atoms with Crippen LogP contribution in [0.25, 0.3) is 0 Å². The lowest BCUT2D eigenvalue weighted by atomic mass is 10.3. The Hall–Kier alpha value is 0.230. The number of hydrogen-bond donors (Lipinski definition) is 1. The summed E-state index contributed by atoms with van der Waals surface area (Å²) in [4.78, 5) is 4.08. The highest BCUT2D eigenvalue weighted by Gasteiger charge is 2.04. The molecule has 0 aliphatic heterocycles. The van der Waals surface area contributed by atoms with E-state index < -0.39 is 0 Å². The van der Waals surface area contributed by atoms with Gasteiger partial charge in [-0.1, -0.05) is 11.6 Å². The quantitative estimate of drug-likeness (QED) is 0.367. The average Bonchev–Trinajstić information content (AvgIpc) is 2.14. The molecule has 0 radical (unpaired) electrons. The summed E-state index contributed by atoms with van der Waals surface area (Å²) in [6.45, 7) is 0. The minimum atomic E-state index is 0.206. The third kappa shape index (κ3) is 3.12. The van der Waals surface area contributed by atoms with Crippen molar-refractivity contribution < 1.29 is 0 Å². The highest BCUT2D eigenvalue weighted by molar-refractivity contribution is 9.11. The number of alkyl halides is 1. The van der Waals surface area contributed by atoms with Gasteiger partial charge >= 0.3 is 0 Å². The van der Waals surface area contributed by atoms with Gasteiger partial charge in [-0.25, -0.2) is 4.99 Å². The van der Waals surface area contributed by atoms with Crippen molar-refractivity contribution in [3.05, 3.63) is 26.1 Å². The molecule has 1 rings (SSSR count). The van der Waals surface area contributed by atoms with E-state index in [1.165, 1.54) is 0 Å². The molecule has 0 bridgehead atoms. The second-order valence-electron chi connectivity index (χ2n) is 2.46. The van der Waals surface area contributed by atoms with Crippen LogP contribution in [0.2, 0.25) is 5.02 Å². The maximum Gasteiger partial charge on any atom is 0.115 e. The minimum absolute atomic E-state index is 0.206. The van der Waals surface area contributed by atoms with Gasteiger partial charge in [0.2, 0.25) is 0 Å². The third-order valence-corrected chi connectivity index (χ3v) is 3.77. The summed E-state index contributed by atoms with van der Waals surface area (Å²) < 4.78 is 1.52. The normalized spacial score (nSPS) is 11.9. The van der Waals surface area contributed by atoms with Gasteiger partial charge in [0.05, 0.1) is 16.6 Å². The molecular formula is C8H6Br2Cl2N2. The van der Waals surface area contributed by atoms with Gasteiger partial charge in [0.1, 0.15) is 5.84 Å². The molecule has 14 heavy (non-hydrogen) atoms. The lowest BCUT2D eigenvalue weighted by molar-refractivity contribution is 1.43. The molecule has 0 saturated carbocycles. The standard InChI is InChI=1S/C8H6Br2Cl2N2/c9-5-1-4(14-7(13)3-11)2-6(10)8(5)12/h1-2H,3H2,(H2,13,14). The Labute approximate surface area is 109 Å². The van der Waals surface area contributed by atoms with E-state index in [0.29, 0.717) is 16.5 Å². The number of hydrogen-bond acceptors (Lipinski definition) is 1. The lowest BCUT2D eigenvalue weighted by Gasteiger charge is -2.02. The number of benzene rings is 1.